The number of aliphatic hydroxyl groups excluding tert-OH is 1. The van der Waals surface area contributed by atoms with E-state index >= 15 is 0 Å². The second-order valence-electron chi connectivity index (χ2n) is 10.1. The zero-order chi connectivity index (χ0) is 26.9. The predicted molar refractivity (Wildman–Crippen MR) is 140 cm³/mol. The topological polar surface area (TPSA) is 118 Å². The predicted octanol–water partition coefficient (Wildman–Crippen LogP) is 3.21. The Labute approximate surface area is 218 Å². The summed E-state index contributed by atoms with van der Waals surface area (Å²) >= 11 is 0. The minimum absolute atomic E-state index is 0.00214. The van der Waals surface area contributed by atoms with Crippen molar-refractivity contribution in [3.05, 3.63) is 65.2 Å². The van der Waals surface area contributed by atoms with Gasteiger partial charge in [0, 0.05) is 31.6 Å². The van der Waals surface area contributed by atoms with Crippen LogP contribution in [0.3, 0.4) is 0 Å². The SMILES string of the molecule is Cc1cccc(CNNC(=O)[C@]2(CCC(=O)OC(C)(C)C)COC(c3ccc(OCCCO)cc3)=N2)c1. The third-order valence-corrected chi connectivity index (χ3v) is 5.60. The highest BCUT2D eigenvalue weighted by molar-refractivity contribution is 6.00. The number of aliphatic hydroxyl groups is 1. The van der Waals surface area contributed by atoms with E-state index in [-0.39, 0.29) is 32.0 Å². The normalized spacial score (nSPS) is 17.1. The Morgan fingerprint density at radius 1 is 1.16 bits per heavy atom. The van der Waals surface area contributed by atoms with Crippen molar-refractivity contribution in [1.29, 1.82) is 0 Å². The van der Waals surface area contributed by atoms with E-state index in [1.54, 1.807) is 45.0 Å². The first-order valence-corrected chi connectivity index (χ1v) is 12.5. The van der Waals surface area contributed by atoms with Gasteiger partial charge in [-0.3, -0.25) is 15.0 Å². The van der Waals surface area contributed by atoms with Crippen LogP contribution in [0.2, 0.25) is 0 Å². The van der Waals surface area contributed by atoms with Crippen molar-refractivity contribution >= 4 is 17.8 Å². The van der Waals surface area contributed by atoms with Crippen LogP contribution >= 0.6 is 0 Å². The summed E-state index contributed by atoms with van der Waals surface area (Å²) in [5, 5.41) is 8.90. The Morgan fingerprint density at radius 3 is 2.59 bits per heavy atom. The summed E-state index contributed by atoms with van der Waals surface area (Å²) in [6.45, 7) is 8.32. The Kier molecular flexibility index (Phi) is 9.66. The molecule has 37 heavy (non-hydrogen) atoms. The molecule has 2 aromatic rings. The molecule has 1 heterocycles. The molecule has 1 amide bonds. The molecule has 3 rings (SSSR count). The number of benzene rings is 2. The number of rotatable bonds is 12. The third kappa shape index (κ3) is 8.58. The van der Waals surface area contributed by atoms with Gasteiger partial charge < -0.3 is 19.3 Å². The summed E-state index contributed by atoms with van der Waals surface area (Å²) in [4.78, 5) is 30.4. The van der Waals surface area contributed by atoms with Crippen LogP contribution in [0.15, 0.2) is 53.5 Å². The number of aliphatic imine (C=N–C) groups is 1. The highest BCUT2D eigenvalue weighted by atomic mass is 16.6. The number of esters is 1. The number of nitrogens with one attached hydrogen (secondary N) is 2. The molecule has 1 atom stereocenters. The van der Waals surface area contributed by atoms with Crippen molar-refractivity contribution in [2.45, 2.75) is 64.6 Å². The van der Waals surface area contributed by atoms with Crippen LogP contribution in [-0.2, 0) is 25.6 Å². The smallest absolute Gasteiger partial charge is 0.306 e. The summed E-state index contributed by atoms with van der Waals surface area (Å²) in [7, 11) is 0. The molecule has 0 saturated carbocycles. The molecule has 0 bridgehead atoms. The Balaban J connectivity index is 1.72. The van der Waals surface area contributed by atoms with Crippen molar-refractivity contribution < 1.29 is 28.9 Å². The standard InChI is InChI=1S/C28H37N3O6/c1-20-7-5-8-21(17-20)18-29-31-26(34)28(14-13-24(33)37-27(2,3)4)19-36-25(30-28)22-9-11-23(12-10-22)35-16-6-15-32/h5,7-12,17,29,32H,6,13-16,18-19H2,1-4H3,(H,31,34)/t28-/m0/s1. The molecule has 0 aliphatic carbocycles. The van der Waals surface area contributed by atoms with Crippen molar-refractivity contribution in [3.8, 4) is 5.75 Å². The van der Waals surface area contributed by atoms with Gasteiger partial charge in [0.2, 0.25) is 5.90 Å². The zero-order valence-corrected chi connectivity index (χ0v) is 22.0. The van der Waals surface area contributed by atoms with Crippen LogP contribution in [0.1, 0.15) is 56.7 Å². The largest absolute Gasteiger partial charge is 0.494 e. The van der Waals surface area contributed by atoms with Gasteiger partial charge in [0.25, 0.3) is 5.91 Å². The molecule has 1 aliphatic rings. The van der Waals surface area contributed by atoms with Gasteiger partial charge in [-0.1, -0.05) is 29.8 Å². The number of carbonyl (C=O) groups is 2. The molecular weight excluding hydrogens is 474 g/mol. The average Bonchev–Trinajstić information content (AvgIpc) is 3.28. The molecule has 0 saturated heterocycles. The van der Waals surface area contributed by atoms with Crippen LogP contribution in [0, 0.1) is 6.92 Å². The quantitative estimate of drug-likeness (QED) is 0.227. The monoisotopic (exact) mass is 511 g/mol. The molecule has 200 valence electrons. The van der Waals surface area contributed by atoms with E-state index in [0.29, 0.717) is 36.8 Å². The molecule has 1 aliphatic heterocycles. The van der Waals surface area contributed by atoms with Crippen molar-refractivity contribution in [3.63, 3.8) is 0 Å². The lowest BCUT2D eigenvalue weighted by Crippen LogP contribution is -2.51. The fraction of sp³-hybridized carbons (Fsp3) is 0.464. The number of hydrogen-bond donors (Lipinski definition) is 3. The number of carbonyl (C=O) groups excluding carboxylic acids is 2. The fourth-order valence-corrected chi connectivity index (χ4v) is 3.77. The number of hydrazine groups is 1. The zero-order valence-electron chi connectivity index (χ0n) is 22.0. The number of ether oxygens (including phenoxy) is 3. The van der Waals surface area contributed by atoms with E-state index in [9.17, 15) is 9.59 Å². The second kappa shape index (κ2) is 12.7. The summed E-state index contributed by atoms with van der Waals surface area (Å²) in [6, 6.07) is 15.1. The Morgan fingerprint density at radius 2 is 1.92 bits per heavy atom. The lowest BCUT2D eigenvalue weighted by molar-refractivity contribution is -0.155. The number of aryl methyl sites for hydroxylation is 1. The van der Waals surface area contributed by atoms with E-state index in [1.807, 2.05) is 31.2 Å². The first kappa shape index (κ1) is 28.1. The van der Waals surface area contributed by atoms with Crippen molar-refractivity contribution in [1.82, 2.24) is 10.9 Å². The summed E-state index contributed by atoms with van der Waals surface area (Å²) in [5.74, 6) is 0.188. The molecule has 3 N–H and O–H groups in total. The summed E-state index contributed by atoms with van der Waals surface area (Å²) < 4.78 is 16.9. The minimum Gasteiger partial charge on any atom is -0.494 e. The first-order chi connectivity index (χ1) is 17.6. The fourth-order valence-electron chi connectivity index (χ4n) is 3.77. The first-order valence-electron chi connectivity index (χ1n) is 12.5. The molecule has 9 heteroatoms. The van der Waals surface area contributed by atoms with E-state index in [1.165, 1.54) is 0 Å². The Hall–Kier alpha value is -3.43. The van der Waals surface area contributed by atoms with Gasteiger partial charge in [-0.25, -0.2) is 10.4 Å². The van der Waals surface area contributed by atoms with Gasteiger partial charge in [-0.05, 0) is 63.9 Å². The number of amides is 1. The van der Waals surface area contributed by atoms with E-state index < -0.39 is 17.1 Å². The molecule has 9 nitrogen and oxygen atoms in total. The Bertz CT molecular complexity index is 1090. The molecule has 0 unspecified atom stereocenters. The maximum Gasteiger partial charge on any atom is 0.306 e. The summed E-state index contributed by atoms with van der Waals surface area (Å²) in [5.41, 5.74) is 6.64. The summed E-state index contributed by atoms with van der Waals surface area (Å²) in [6.07, 6.45) is 0.691. The minimum atomic E-state index is -1.29. The maximum absolute atomic E-state index is 13.3. The lowest BCUT2D eigenvalue weighted by Gasteiger charge is -2.24. The molecule has 2 aromatic carbocycles. The number of nitrogens with zero attached hydrogens (tertiary/aromatic N) is 1. The molecule has 0 spiro atoms. The van der Waals surface area contributed by atoms with Gasteiger partial charge in [-0.2, -0.15) is 0 Å². The highest BCUT2D eigenvalue weighted by Crippen LogP contribution is 2.28. The van der Waals surface area contributed by atoms with Crippen LogP contribution in [0.4, 0.5) is 0 Å². The van der Waals surface area contributed by atoms with E-state index in [4.69, 9.17) is 19.3 Å². The van der Waals surface area contributed by atoms with E-state index in [2.05, 4.69) is 15.8 Å². The van der Waals surface area contributed by atoms with Crippen LogP contribution in [0.25, 0.3) is 0 Å². The van der Waals surface area contributed by atoms with E-state index in [0.717, 1.165) is 11.1 Å². The average molecular weight is 512 g/mol. The van der Waals surface area contributed by atoms with Gasteiger partial charge in [0.15, 0.2) is 5.54 Å². The van der Waals surface area contributed by atoms with Crippen molar-refractivity contribution in [2.24, 2.45) is 4.99 Å². The molecular formula is C28H37N3O6. The van der Waals surface area contributed by atoms with Crippen LogP contribution < -0.4 is 15.6 Å². The van der Waals surface area contributed by atoms with Gasteiger partial charge in [0.05, 0.1) is 6.61 Å². The van der Waals surface area contributed by atoms with Crippen molar-refractivity contribution in [2.75, 3.05) is 19.8 Å². The highest BCUT2D eigenvalue weighted by Gasteiger charge is 2.45. The molecule has 0 radical (unpaired) electrons. The van der Waals surface area contributed by atoms with Crippen LogP contribution in [0.5, 0.6) is 5.75 Å². The molecule has 0 aromatic heterocycles. The second-order valence-corrected chi connectivity index (χ2v) is 10.1. The molecule has 0 fully saturated rings. The lowest BCUT2D eigenvalue weighted by atomic mass is 9.94. The van der Waals surface area contributed by atoms with Gasteiger partial charge in [0.1, 0.15) is 18.0 Å². The maximum atomic E-state index is 13.3. The van der Waals surface area contributed by atoms with Gasteiger partial charge in [-0.15, -0.1) is 0 Å². The van der Waals surface area contributed by atoms with Gasteiger partial charge >= 0.3 is 5.97 Å². The van der Waals surface area contributed by atoms with Crippen LogP contribution in [-0.4, -0.2) is 53.8 Å². The third-order valence-electron chi connectivity index (χ3n) is 5.60. The number of hydrogen-bond acceptors (Lipinski definition) is 8.